The molecule has 0 bridgehead atoms. The number of H-pyrrole nitrogens is 2. The summed E-state index contributed by atoms with van der Waals surface area (Å²) in [7, 11) is 0. The van der Waals surface area contributed by atoms with Crippen LogP contribution in [0.1, 0.15) is 22.8 Å². The number of carbonyl (C=O) groups is 1. The molecule has 0 saturated heterocycles. The molecule has 2 aromatic carbocycles. The molecular weight excluding hydrogens is 386 g/mol. The Morgan fingerprint density at radius 3 is 2.72 bits per heavy atom. The van der Waals surface area contributed by atoms with Gasteiger partial charge in [-0.2, -0.15) is 0 Å². The van der Waals surface area contributed by atoms with Crippen LogP contribution in [0, 0.1) is 6.92 Å². The van der Waals surface area contributed by atoms with Crippen LogP contribution in [0.2, 0.25) is 0 Å². The summed E-state index contributed by atoms with van der Waals surface area (Å²) < 4.78 is 1.99. The van der Waals surface area contributed by atoms with E-state index < -0.39 is 0 Å². The highest BCUT2D eigenvalue weighted by molar-refractivity contribution is 8.00. The number of Topliss-reactive ketones (excluding diaryl/α,β-unsaturated/α-hetero) is 1. The highest BCUT2D eigenvalue weighted by atomic mass is 32.2. The second kappa shape index (κ2) is 6.59. The number of ketones is 1. The van der Waals surface area contributed by atoms with Gasteiger partial charge in [0.05, 0.1) is 21.8 Å². The summed E-state index contributed by atoms with van der Waals surface area (Å²) >= 11 is 1.37. The number of aromatic nitrogens is 5. The molecule has 3 heterocycles. The Labute approximate surface area is 169 Å². The third kappa shape index (κ3) is 2.92. The van der Waals surface area contributed by atoms with E-state index in [4.69, 9.17) is 0 Å². The fraction of sp³-hybridized carbons (Fsp3) is 0.143. The van der Waals surface area contributed by atoms with E-state index in [1.807, 2.05) is 35.6 Å². The van der Waals surface area contributed by atoms with Gasteiger partial charge in [0.1, 0.15) is 0 Å². The number of benzene rings is 2. The van der Waals surface area contributed by atoms with Crippen LogP contribution >= 0.6 is 11.8 Å². The second-order valence-corrected chi connectivity index (χ2v) is 8.29. The number of aromatic amines is 2. The maximum absolute atomic E-state index is 13.0. The summed E-state index contributed by atoms with van der Waals surface area (Å²) in [4.78, 5) is 29.8. The molecule has 1 unspecified atom stereocenters. The van der Waals surface area contributed by atoms with Crippen molar-refractivity contribution in [2.24, 2.45) is 0 Å². The van der Waals surface area contributed by atoms with Crippen LogP contribution in [0.15, 0.2) is 58.5 Å². The van der Waals surface area contributed by atoms with E-state index in [1.54, 1.807) is 18.2 Å². The number of nitrogens with one attached hydrogen (secondary N) is 2. The first kappa shape index (κ1) is 17.7. The quantitative estimate of drug-likeness (QED) is 0.352. The molecule has 0 amide bonds. The first-order valence-electron chi connectivity index (χ1n) is 9.17. The zero-order valence-corrected chi connectivity index (χ0v) is 16.6. The van der Waals surface area contributed by atoms with Crippen LogP contribution in [-0.2, 0) is 0 Å². The molecule has 0 saturated carbocycles. The molecule has 2 N–H and O–H groups in total. The van der Waals surface area contributed by atoms with Gasteiger partial charge in [0.15, 0.2) is 16.6 Å². The summed E-state index contributed by atoms with van der Waals surface area (Å²) in [6, 6.07) is 15.3. The van der Waals surface area contributed by atoms with E-state index in [0.717, 1.165) is 22.1 Å². The van der Waals surface area contributed by atoms with E-state index in [2.05, 4.69) is 33.2 Å². The van der Waals surface area contributed by atoms with Gasteiger partial charge in [-0.15, -0.1) is 10.2 Å². The number of hydrogen-bond acceptors (Lipinski definition) is 5. The fourth-order valence-corrected chi connectivity index (χ4v) is 4.53. The van der Waals surface area contributed by atoms with Gasteiger partial charge >= 0.3 is 5.69 Å². The van der Waals surface area contributed by atoms with Gasteiger partial charge in [0.25, 0.3) is 0 Å². The standard InChI is InChI=1S/C21H17N5O2S/c1-11-9-18-24-25-21(26(18)17-6-4-3-5-14(11)17)29-12(2)19(27)13-7-8-15-16(10-13)23-20(28)22-15/h3-10,12H,1-2H3,(H2,22,23,28). The monoisotopic (exact) mass is 403 g/mol. The van der Waals surface area contributed by atoms with Crippen molar-refractivity contribution >= 4 is 45.1 Å². The van der Waals surface area contributed by atoms with Crippen molar-refractivity contribution in [3.63, 3.8) is 0 Å². The minimum atomic E-state index is -0.370. The minimum Gasteiger partial charge on any atom is -0.306 e. The molecule has 0 spiro atoms. The van der Waals surface area contributed by atoms with Gasteiger partial charge < -0.3 is 9.97 Å². The van der Waals surface area contributed by atoms with Crippen molar-refractivity contribution in [1.29, 1.82) is 0 Å². The molecule has 29 heavy (non-hydrogen) atoms. The lowest BCUT2D eigenvalue weighted by molar-refractivity contribution is 0.0994. The Balaban J connectivity index is 1.52. The third-order valence-electron chi connectivity index (χ3n) is 5.03. The lowest BCUT2D eigenvalue weighted by Crippen LogP contribution is -2.14. The van der Waals surface area contributed by atoms with Crippen LogP contribution in [0.3, 0.4) is 0 Å². The van der Waals surface area contributed by atoms with E-state index in [1.165, 1.54) is 11.8 Å². The van der Waals surface area contributed by atoms with Crippen LogP contribution in [0.25, 0.3) is 27.6 Å². The van der Waals surface area contributed by atoms with Gasteiger partial charge in [0, 0.05) is 10.9 Å². The molecule has 7 nitrogen and oxygen atoms in total. The topological polar surface area (TPSA) is 95.9 Å². The average molecular weight is 403 g/mol. The fourth-order valence-electron chi connectivity index (χ4n) is 3.58. The summed E-state index contributed by atoms with van der Waals surface area (Å²) in [5.41, 5.74) is 4.46. The Bertz CT molecular complexity index is 1460. The number of nitrogens with zero attached hydrogens (tertiary/aromatic N) is 3. The second-order valence-electron chi connectivity index (χ2n) is 6.98. The molecule has 144 valence electrons. The number of imidazole rings is 1. The van der Waals surface area contributed by atoms with Gasteiger partial charge in [-0.25, -0.2) is 4.79 Å². The first-order valence-corrected chi connectivity index (χ1v) is 10.1. The van der Waals surface area contributed by atoms with Crippen molar-refractivity contribution in [2.75, 3.05) is 0 Å². The van der Waals surface area contributed by atoms with Crippen LogP contribution in [0.5, 0.6) is 0 Å². The maximum atomic E-state index is 13.0. The molecule has 0 aliphatic carbocycles. The molecule has 1 atom stereocenters. The highest BCUT2D eigenvalue weighted by Crippen LogP contribution is 2.29. The van der Waals surface area contributed by atoms with Crippen molar-refractivity contribution in [3.05, 3.63) is 70.1 Å². The van der Waals surface area contributed by atoms with Crippen LogP contribution < -0.4 is 5.69 Å². The number of aryl methyl sites for hydroxylation is 1. The van der Waals surface area contributed by atoms with Crippen molar-refractivity contribution < 1.29 is 4.79 Å². The Hall–Kier alpha value is -3.39. The lowest BCUT2D eigenvalue weighted by Gasteiger charge is -2.11. The molecule has 5 rings (SSSR count). The van der Waals surface area contributed by atoms with E-state index in [0.29, 0.717) is 21.8 Å². The smallest absolute Gasteiger partial charge is 0.306 e. The zero-order valence-electron chi connectivity index (χ0n) is 15.8. The molecular formula is C21H17N5O2S. The molecule has 3 aromatic heterocycles. The van der Waals surface area contributed by atoms with Crippen molar-refractivity contribution in [3.8, 4) is 0 Å². The van der Waals surface area contributed by atoms with Gasteiger partial charge in [-0.3, -0.25) is 9.20 Å². The van der Waals surface area contributed by atoms with Gasteiger partial charge in [-0.1, -0.05) is 30.0 Å². The molecule has 8 heteroatoms. The average Bonchev–Trinajstić information content (AvgIpc) is 3.29. The van der Waals surface area contributed by atoms with Gasteiger partial charge in [0.2, 0.25) is 0 Å². The molecule has 0 radical (unpaired) electrons. The van der Waals surface area contributed by atoms with Crippen LogP contribution in [-0.4, -0.2) is 35.6 Å². The lowest BCUT2D eigenvalue weighted by atomic mass is 10.1. The summed E-state index contributed by atoms with van der Waals surface area (Å²) in [5, 5.41) is 10.1. The largest absolute Gasteiger partial charge is 0.323 e. The van der Waals surface area contributed by atoms with Crippen molar-refractivity contribution in [1.82, 2.24) is 24.6 Å². The highest BCUT2D eigenvalue weighted by Gasteiger charge is 2.21. The number of fused-ring (bicyclic) bond motifs is 4. The summed E-state index contributed by atoms with van der Waals surface area (Å²) in [5.74, 6) is -0.0351. The molecule has 0 aliphatic rings. The number of hydrogen-bond donors (Lipinski definition) is 2. The maximum Gasteiger partial charge on any atom is 0.323 e. The van der Waals surface area contributed by atoms with Crippen molar-refractivity contribution in [2.45, 2.75) is 24.3 Å². The number of carbonyl (C=O) groups excluding carboxylic acids is 1. The molecule has 5 aromatic rings. The Morgan fingerprint density at radius 1 is 1.07 bits per heavy atom. The molecule has 0 fully saturated rings. The van der Waals surface area contributed by atoms with E-state index in [-0.39, 0.29) is 16.7 Å². The predicted octanol–water partition coefficient (Wildman–Crippen LogP) is 3.72. The number of thioether (sulfide) groups is 1. The number of rotatable bonds is 4. The van der Waals surface area contributed by atoms with E-state index >= 15 is 0 Å². The number of pyridine rings is 1. The Morgan fingerprint density at radius 2 is 1.86 bits per heavy atom. The predicted molar refractivity (Wildman–Crippen MR) is 114 cm³/mol. The Kier molecular flexibility index (Phi) is 4.02. The minimum absolute atomic E-state index is 0.0351. The molecule has 0 aliphatic heterocycles. The normalized spacial score (nSPS) is 12.8. The third-order valence-corrected chi connectivity index (χ3v) is 6.07. The SMILES string of the molecule is Cc1cc2nnc(SC(C)C(=O)c3ccc4[nH]c(=O)[nH]c4c3)n2c2ccccc12. The zero-order chi connectivity index (χ0) is 20.1. The van der Waals surface area contributed by atoms with Crippen LogP contribution in [0.4, 0.5) is 0 Å². The van der Waals surface area contributed by atoms with E-state index in [9.17, 15) is 9.59 Å². The van der Waals surface area contributed by atoms with Gasteiger partial charge in [-0.05, 0) is 49.7 Å². The first-order chi connectivity index (χ1) is 14.0. The summed E-state index contributed by atoms with van der Waals surface area (Å²) in [6.45, 7) is 3.91. The number of para-hydroxylation sites is 1. The summed E-state index contributed by atoms with van der Waals surface area (Å²) in [6.07, 6.45) is 0.